The second-order valence-electron chi connectivity index (χ2n) is 1.11. The molecule has 42 valence electrons. The minimum atomic E-state index is 0.188. The highest BCUT2D eigenvalue weighted by Crippen LogP contribution is 1.48. The van der Waals surface area contributed by atoms with Gasteiger partial charge in [-0.05, 0) is 6.92 Å². The molecule has 7 heavy (non-hydrogen) atoms. The fourth-order valence-corrected chi connectivity index (χ4v) is 0. The van der Waals surface area contributed by atoms with Gasteiger partial charge in [-0.3, -0.25) is 0 Å². The van der Waals surface area contributed by atoms with Crippen molar-refractivity contribution in [3.8, 4) is 0 Å². The third-order valence-corrected chi connectivity index (χ3v) is 0.866. The zero-order chi connectivity index (χ0) is 6.12. The molecule has 0 fully saturated rings. The molecule has 1 heteroatoms. The van der Waals surface area contributed by atoms with Crippen molar-refractivity contribution in [2.45, 2.75) is 13.5 Å². The van der Waals surface area contributed by atoms with Crippen molar-refractivity contribution in [1.29, 1.82) is 0 Å². The Kier molecular flexibility index (Phi) is 24.3. The van der Waals surface area contributed by atoms with Gasteiger partial charge in [0, 0.05) is 9.52 Å². The Hall–Kier alpha value is -0.303. The fourth-order valence-electron chi connectivity index (χ4n) is 0. The Morgan fingerprint density at radius 2 is 1.57 bits per heavy atom. The van der Waals surface area contributed by atoms with Gasteiger partial charge in [0.25, 0.3) is 0 Å². The third kappa shape index (κ3) is 160. The topological polar surface area (TPSA) is 0 Å². The van der Waals surface area contributed by atoms with E-state index >= 15 is 0 Å². The third-order valence-electron chi connectivity index (χ3n) is 0.289. The molecule has 0 bridgehead atoms. The molecule has 0 atom stereocenters. The van der Waals surface area contributed by atoms with E-state index < -0.39 is 0 Å². The largest absolute Gasteiger partial charge is 0.109 e. The SMILES string of the molecule is C=CC.C=C[SiH2]C. The number of hydrogen-bond donors (Lipinski definition) is 0. The second-order valence-corrected chi connectivity index (χ2v) is 2.50. The van der Waals surface area contributed by atoms with Crippen LogP contribution >= 0.6 is 0 Å². The van der Waals surface area contributed by atoms with Crippen LogP contribution in [0.25, 0.3) is 0 Å². The Bertz CT molecular complexity index is 39.4. The van der Waals surface area contributed by atoms with Crippen LogP contribution in [0.5, 0.6) is 0 Å². The molecule has 0 N–H and O–H groups in total. The van der Waals surface area contributed by atoms with Crippen molar-refractivity contribution in [2.24, 2.45) is 0 Å². The van der Waals surface area contributed by atoms with E-state index in [2.05, 4.69) is 19.7 Å². The number of hydrogen-bond acceptors (Lipinski definition) is 0. The summed E-state index contributed by atoms with van der Waals surface area (Å²) in [7, 11) is 0.188. The van der Waals surface area contributed by atoms with E-state index in [1.165, 1.54) is 0 Å². The standard InChI is InChI=1S/C3H8Si.C3H6/c1-3-4-2;1-3-2/h3H,1,4H2,2H3;3H,1H2,2H3. The van der Waals surface area contributed by atoms with E-state index in [0.29, 0.717) is 0 Å². The first-order chi connectivity index (χ1) is 3.33. The maximum Gasteiger partial charge on any atom is 0.0415 e. The minimum Gasteiger partial charge on any atom is -0.109 e. The monoisotopic (exact) mass is 114 g/mol. The van der Waals surface area contributed by atoms with Crippen LogP contribution in [0.1, 0.15) is 6.92 Å². The Labute approximate surface area is 48.8 Å². The quantitative estimate of drug-likeness (QED) is 0.358. The van der Waals surface area contributed by atoms with E-state index in [-0.39, 0.29) is 9.52 Å². The first-order valence-corrected chi connectivity index (χ1v) is 4.74. The summed E-state index contributed by atoms with van der Waals surface area (Å²) in [5.41, 5.74) is 2.01. The normalized spacial score (nSPS) is 7.14. The van der Waals surface area contributed by atoms with Gasteiger partial charge >= 0.3 is 0 Å². The lowest BCUT2D eigenvalue weighted by Crippen LogP contribution is -1.61. The second kappa shape index (κ2) is 17.3. The summed E-state index contributed by atoms with van der Waals surface area (Å²) in [6.45, 7) is 11.0. The van der Waals surface area contributed by atoms with Crippen molar-refractivity contribution in [3.63, 3.8) is 0 Å². The molecule has 0 aliphatic heterocycles. The smallest absolute Gasteiger partial charge is 0.0415 e. The molecular formula is C6H14Si. The van der Waals surface area contributed by atoms with Gasteiger partial charge in [-0.1, -0.05) is 12.6 Å². The van der Waals surface area contributed by atoms with Crippen molar-refractivity contribution >= 4 is 9.52 Å². The maximum atomic E-state index is 3.54. The first kappa shape index (κ1) is 9.85. The molecule has 0 aliphatic carbocycles. The van der Waals surface area contributed by atoms with Crippen LogP contribution in [0, 0.1) is 0 Å². The molecule has 0 spiro atoms. The van der Waals surface area contributed by atoms with E-state index in [1.807, 2.05) is 12.6 Å². The van der Waals surface area contributed by atoms with Crippen LogP contribution in [-0.2, 0) is 0 Å². The molecule has 0 rings (SSSR count). The van der Waals surface area contributed by atoms with Gasteiger partial charge in [0.2, 0.25) is 0 Å². The fraction of sp³-hybridized carbons (Fsp3) is 0.333. The Morgan fingerprint density at radius 1 is 1.43 bits per heavy atom. The van der Waals surface area contributed by atoms with E-state index in [9.17, 15) is 0 Å². The summed E-state index contributed by atoms with van der Waals surface area (Å²) >= 11 is 0. The lowest BCUT2D eigenvalue weighted by molar-refractivity contribution is 1.80. The lowest BCUT2D eigenvalue weighted by Gasteiger charge is -1.55. The van der Waals surface area contributed by atoms with Crippen LogP contribution in [0.3, 0.4) is 0 Å². The first-order valence-electron chi connectivity index (χ1n) is 2.51. The zero-order valence-electron chi connectivity index (χ0n) is 5.28. The van der Waals surface area contributed by atoms with Crippen molar-refractivity contribution in [3.05, 3.63) is 24.9 Å². The number of rotatable bonds is 1. The molecule has 0 heterocycles. The van der Waals surface area contributed by atoms with Crippen molar-refractivity contribution < 1.29 is 0 Å². The van der Waals surface area contributed by atoms with E-state index in [0.717, 1.165) is 0 Å². The average Bonchev–Trinajstić information content (AvgIpc) is 1.69. The van der Waals surface area contributed by atoms with Crippen LogP contribution < -0.4 is 0 Å². The Balaban J connectivity index is 0. The molecule has 0 amide bonds. The van der Waals surface area contributed by atoms with E-state index in [4.69, 9.17) is 0 Å². The molecule has 0 aliphatic rings. The van der Waals surface area contributed by atoms with Crippen LogP contribution in [0.15, 0.2) is 24.9 Å². The van der Waals surface area contributed by atoms with Crippen LogP contribution in [0.2, 0.25) is 6.55 Å². The molecular weight excluding hydrogens is 100 g/mol. The van der Waals surface area contributed by atoms with Gasteiger partial charge in [-0.2, -0.15) is 0 Å². The summed E-state index contributed by atoms with van der Waals surface area (Å²) in [4.78, 5) is 0. The molecule has 0 aromatic heterocycles. The summed E-state index contributed by atoms with van der Waals surface area (Å²) in [5, 5.41) is 0. The number of allylic oxidation sites excluding steroid dienone is 1. The van der Waals surface area contributed by atoms with Crippen LogP contribution in [0.4, 0.5) is 0 Å². The van der Waals surface area contributed by atoms with Gasteiger partial charge < -0.3 is 0 Å². The predicted molar refractivity (Wildman–Crippen MR) is 40.5 cm³/mol. The molecule has 0 saturated heterocycles. The lowest BCUT2D eigenvalue weighted by atomic mass is 10.8. The summed E-state index contributed by atoms with van der Waals surface area (Å²) in [5.74, 6) is 0. The molecule has 0 unspecified atom stereocenters. The molecule has 0 aromatic rings. The Morgan fingerprint density at radius 3 is 1.57 bits per heavy atom. The van der Waals surface area contributed by atoms with Gasteiger partial charge in [-0.15, -0.1) is 18.9 Å². The van der Waals surface area contributed by atoms with Gasteiger partial charge in [0.1, 0.15) is 0 Å². The van der Waals surface area contributed by atoms with Crippen molar-refractivity contribution in [2.75, 3.05) is 0 Å². The van der Waals surface area contributed by atoms with Gasteiger partial charge in [0.05, 0.1) is 0 Å². The summed E-state index contributed by atoms with van der Waals surface area (Å²) in [6, 6.07) is 0. The minimum absolute atomic E-state index is 0.188. The van der Waals surface area contributed by atoms with Gasteiger partial charge in [0.15, 0.2) is 0 Å². The summed E-state index contributed by atoms with van der Waals surface area (Å²) in [6.07, 6.45) is 1.75. The van der Waals surface area contributed by atoms with Crippen molar-refractivity contribution in [1.82, 2.24) is 0 Å². The maximum absolute atomic E-state index is 3.54. The highest BCUT2D eigenvalue weighted by atomic mass is 28.2. The highest BCUT2D eigenvalue weighted by molar-refractivity contribution is 6.39. The molecule has 0 nitrogen and oxygen atoms in total. The predicted octanol–water partition coefficient (Wildman–Crippen LogP) is 1.54. The zero-order valence-corrected chi connectivity index (χ0v) is 6.69. The molecule has 0 radical (unpaired) electrons. The molecule has 0 saturated carbocycles. The molecule has 0 aromatic carbocycles. The summed E-state index contributed by atoms with van der Waals surface area (Å²) < 4.78 is 0. The van der Waals surface area contributed by atoms with Crippen LogP contribution in [-0.4, -0.2) is 9.52 Å². The van der Waals surface area contributed by atoms with Gasteiger partial charge in [-0.25, -0.2) is 0 Å². The average molecular weight is 114 g/mol. The van der Waals surface area contributed by atoms with E-state index in [1.54, 1.807) is 6.08 Å². The highest BCUT2D eigenvalue weighted by Gasteiger charge is 1.48.